The minimum absolute atomic E-state index is 0.0518. The molecule has 1 aliphatic heterocycles. The van der Waals surface area contributed by atoms with Crippen molar-refractivity contribution in [1.82, 2.24) is 10.2 Å². The topological polar surface area (TPSA) is 97.0 Å². The summed E-state index contributed by atoms with van der Waals surface area (Å²) in [6.45, 7) is 2.69. The second-order valence-electron chi connectivity index (χ2n) is 7.42. The summed E-state index contributed by atoms with van der Waals surface area (Å²) in [5, 5.41) is 5.67. The highest BCUT2D eigenvalue weighted by molar-refractivity contribution is 5.99. The fourth-order valence-electron chi connectivity index (χ4n) is 3.60. The van der Waals surface area contributed by atoms with Crippen LogP contribution in [0.1, 0.15) is 39.1 Å². The van der Waals surface area contributed by atoms with Crippen LogP contribution in [0.3, 0.4) is 0 Å². The maximum atomic E-state index is 12.5. The minimum atomic E-state index is -0.611. The Balaban J connectivity index is 1.56. The fourth-order valence-corrected chi connectivity index (χ4v) is 3.60. The number of benzene rings is 2. The van der Waals surface area contributed by atoms with Crippen LogP contribution in [0.5, 0.6) is 0 Å². The molecule has 2 aromatic carbocycles. The number of carbonyl (C=O) groups is 3. The first-order chi connectivity index (χ1) is 15.0. The third-order valence-corrected chi connectivity index (χ3v) is 5.20. The molecule has 8 heteroatoms. The maximum Gasteiger partial charge on any atom is 0.337 e. The molecule has 2 aromatic rings. The molecule has 2 amide bonds. The Morgan fingerprint density at radius 3 is 2.06 bits per heavy atom. The van der Waals surface area contributed by atoms with Gasteiger partial charge in [-0.1, -0.05) is 30.3 Å². The van der Waals surface area contributed by atoms with Gasteiger partial charge in [0.2, 0.25) is 0 Å². The zero-order valence-electron chi connectivity index (χ0n) is 17.7. The van der Waals surface area contributed by atoms with Gasteiger partial charge >= 0.3 is 18.0 Å². The average molecular weight is 425 g/mol. The molecule has 8 nitrogen and oxygen atoms in total. The number of esters is 2. The molecule has 0 aliphatic carbocycles. The molecule has 164 valence electrons. The Kier molecular flexibility index (Phi) is 7.61. The van der Waals surface area contributed by atoms with Gasteiger partial charge in [-0.3, -0.25) is 4.90 Å². The van der Waals surface area contributed by atoms with Crippen molar-refractivity contribution in [2.24, 2.45) is 0 Å². The molecule has 0 saturated carbocycles. The Morgan fingerprint density at radius 2 is 1.52 bits per heavy atom. The summed E-state index contributed by atoms with van der Waals surface area (Å²) in [6.07, 6.45) is 1.69. The quantitative estimate of drug-likeness (QED) is 0.691. The van der Waals surface area contributed by atoms with Gasteiger partial charge in [0.25, 0.3) is 0 Å². The van der Waals surface area contributed by atoms with E-state index in [-0.39, 0.29) is 23.2 Å². The van der Waals surface area contributed by atoms with E-state index in [0.717, 1.165) is 32.5 Å². The number of anilines is 1. The van der Waals surface area contributed by atoms with Gasteiger partial charge < -0.3 is 20.1 Å². The largest absolute Gasteiger partial charge is 0.465 e. The molecule has 1 saturated heterocycles. The van der Waals surface area contributed by atoms with Gasteiger partial charge in [0.1, 0.15) is 0 Å². The van der Waals surface area contributed by atoms with Crippen LogP contribution < -0.4 is 10.6 Å². The number of hydrogen-bond acceptors (Lipinski definition) is 6. The second-order valence-corrected chi connectivity index (χ2v) is 7.42. The lowest BCUT2D eigenvalue weighted by Gasteiger charge is -2.32. The summed E-state index contributed by atoms with van der Waals surface area (Å²) in [7, 11) is 2.49. The number of methoxy groups -OCH3 is 2. The highest BCUT2D eigenvalue weighted by Crippen LogP contribution is 2.18. The zero-order valence-corrected chi connectivity index (χ0v) is 17.7. The van der Waals surface area contributed by atoms with Crippen molar-refractivity contribution in [3.8, 4) is 0 Å². The molecular weight excluding hydrogens is 398 g/mol. The summed E-state index contributed by atoms with van der Waals surface area (Å²) in [6, 6.07) is 14.3. The average Bonchev–Trinajstić information content (AvgIpc) is 2.79. The third kappa shape index (κ3) is 6.29. The van der Waals surface area contributed by atoms with Gasteiger partial charge in [-0.25, -0.2) is 14.4 Å². The van der Waals surface area contributed by atoms with Gasteiger partial charge in [0.05, 0.1) is 25.3 Å². The number of likely N-dealkylation sites (tertiary alicyclic amines) is 1. The predicted molar refractivity (Wildman–Crippen MR) is 116 cm³/mol. The molecule has 1 heterocycles. The van der Waals surface area contributed by atoms with Crippen LogP contribution in [0.25, 0.3) is 0 Å². The predicted octanol–water partition coefficient (Wildman–Crippen LogP) is 3.05. The van der Waals surface area contributed by atoms with E-state index in [1.54, 1.807) is 0 Å². The smallest absolute Gasteiger partial charge is 0.337 e. The molecule has 0 radical (unpaired) electrons. The van der Waals surface area contributed by atoms with E-state index >= 15 is 0 Å². The number of ether oxygens (including phenoxy) is 2. The highest BCUT2D eigenvalue weighted by Gasteiger charge is 2.21. The number of urea groups is 1. The molecule has 1 aliphatic rings. The second kappa shape index (κ2) is 10.6. The Bertz CT molecular complexity index is 890. The van der Waals surface area contributed by atoms with E-state index in [1.807, 2.05) is 18.2 Å². The molecule has 0 aromatic heterocycles. The van der Waals surface area contributed by atoms with Crippen LogP contribution >= 0.6 is 0 Å². The number of nitrogens with one attached hydrogen (secondary N) is 2. The standard InChI is InChI=1S/C23H27N3O5/c1-30-21(27)17-12-18(22(28)31-2)14-20(13-17)25-23(29)24-19-8-10-26(11-9-19)15-16-6-4-3-5-7-16/h3-7,12-14,19H,8-11,15H2,1-2H3,(H2,24,25,29). The zero-order chi connectivity index (χ0) is 22.2. The van der Waals surface area contributed by atoms with E-state index in [0.29, 0.717) is 5.69 Å². The lowest BCUT2D eigenvalue weighted by Crippen LogP contribution is -2.45. The number of piperidine rings is 1. The summed E-state index contributed by atoms with van der Waals surface area (Å²) in [5.74, 6) is -1.22. The summed E-state index contributed by atoms with van der Waals surface area (Å²) >= 11 is 0. The first kappa shape index (κ1) is 22.3. The normalized spacial score (nSPS) is 14.5. The van der Waals surface area contributed by atoms with Crippen molar-refractivity contribution in [2.45, 2.75) is 25.4 Å². The minimum Gasteiger partial charge on any atom is -0.465 e. The van der Waals surface area contributed by atoms with Crippen LogP contribution in [-0.4, -0.2) is 56.2 Å². The van der Waals surface area contributed by atoms with Crippen molar-refractivity contribution in [1.29, 1.82) is 0 Å². The van der Waals surface area contributed by atoms with Crippen molar-refractivity contribution >= 4 is 23.7 Å². The van der Waals surface area contributed by atoms with E-state index in [2.05, 4.69) is 27.7 Å². The van der Waals surface area contributed by atoms with Gasteiger partial charge in [0.15, 0.2) is 0 Å². The number of rotatable bonds is 6. The van der Waals surface area contributed by atoms with E-state index in [4.69, 9.17) is 9.47 Å². The van der Waals surface area contributed by atoms with Crippen LogP contribution in [0, 0.1) is 0 Å². The first-order valence-electron chi connectivity index (χ1n) is 10.1. The Morgan fingerprint density at radius 1 is 0.935 bits per heavy atom. The molecule has 0 atom stereocenters. The summed E-state index contributed by atoms with van der Waals surface area (Å²) in [4.78, 5) is 38.6. The van der Waals surface area contributed by atoms with Crippen LogP contribution in [0.4, 0.5) is 10.5 Å². The molecule has 2 N–H and O–H groups in total. The number of amides is 2. The van der Waals surface area contributed by atoms with Crippen LogP contribution in [-0.2, 0) is 16.0 Å². The van der Waals surface area contributed by atoms with E-state index < -0.39 is 11.9 Å². The lowest BCUT2D eigenvalue weighted by atomic mass is 10.0. The highest BCUT2D eigenvalue weighted by atomic mass is 16.5. The van der Waals surface area contributed by atoms with E-state index in [9.17, 15) is 14.4 Å². The monoisotopic (exact) mass is 425 g/mol. The SMILES string of the molecule is COC(=O)c1cc(NC(=O)NC2CCN(Cc3ccccc3)CC2)cc(C(=O)OC)c1. The van der Waals surface area contributed by atoms with Crippen LogP contribution in [0.15, 0.2) is 48.5 Å². The molecule has 31 heavy (non-hydrogen) atoms. The first-order valence-corrected chi connectivity index (χ1v) is 10.1. The maximum absolute atomic E-state index is 12.5. The Hall–Kier alpha value is -3.39. The third-order valence-electron chi connectivity index (χ3n) is 5.20. The van der Waals surface area contributed by atoms with Gasteiger partial charge in [-0.05, 0) is 36.6 Å². The van der Waals surface area contributed by atoms with E-state index in [1.165, 1.54) is 38.0 Å². The van der Waals surface area contributed by atoms with Gasteiger partial charge in [-0.2, -0.15) is 0 Å². The van der Waals surface area contributed by atoms with Crippen LogP contribution in [0.2, 0.25) is 0 Å². The number of hydrogen-bond donors (Lipinski definition) is 2. The van der Waals surface area contributed by atoms with Crippen molar-refractivity contribution in [2.75, 3.05) is 32.6 Å². The van der Waals surface area contributed by atoms with Crippen molar-refractivity contribution in [3.05, 3.63) is 65.2 Å². The fraction of sp³-hybridized carbons (Fsp3) is 0.348. The molecule has 3 rings (SSSR count). The summed E-state index contributed by atoms with van der Waals surface area (Å²) < 4.78 is 9.43. The molecule has 0 unspecified atom stereocenters. The number of carbonyl (C=O) groups excluding carboxylic acids is 3. The number of nitrogens with zero attached hydrogens (tertiary/aromatic N) is 1. The van der Waals surface area contributed by atoms with Crippen molar-refractivity contribution in [3.63, 3.8) is 0 Å². The molecular formula is C23H27N3O5. The Labute approximate surface area is 181 Å². The van der Waals surface area contributed by atoms with Gasteiger partial charge in [-0.15, -0.1) is 0 Å². The molecule has 1 fully saturated rings. The summed E-state index contributed by atoms with van der Waals surface area (Å²) in [5.41, 5.74) is 1.88. The molecule has 0 spiro atoms. The van der Waals surface area contributed by atoms with Crippen molar-refractivity contribution < 1.29 is 23.9 Å². The lowest BCUT2D eigenvalue weighted by molar-refractivity contribution is 0.0599. The molecule has 0 bridgehead atoms. The van der Waals surface area contributed by atoms with Gasteiger partial charge in [0, 0.05) is 31.4 Å².